The van der Waals surface area contributed by atoms with Gasteiger partial charge in [-0.3, -0.25) is 14.4 Å². The van der Waals surface area contributed by atoms with Crippen LogP contribution in [0.1, 0.15) is 40.4 Å². The Hall–Kier alpha value is -2.39. The molecule has 0 aliphatic carbocycles. The molecular weight excluding hydrogens is 382 g/mol. The van der Waals surface area contributed by atoms with E-state index in [1.807, 2.05) is 26.8 Å². The number of aromatic amines is 1. The quantitative estimate of drug-likeness (QED) is 0.294. The summed E-state index contributed by atoms with van der Waals surface area (Å²) in [5, 5.41) is 0.293. The standard InChI is InChI=1S/C19H25N3O5S/c1-11-6-15(13(3)22(11)12(2)9-26-4)16(23)10-28-19-20-14(7-17(24)21-19)8-18(25)27-5/h6-7,12H,8-10H2,1-5H3,(H,20,21,24)/t12-/m0/s1. The molecule has 2 aromatic heterocycles. The van der Waals surface area contributed by atoms with Gasteiger partial charge in [-0.05, 0) is 26.8 Å². The fourth-order valence-electron chi connectivity index (χ4n) is 3.13. The monoisotopic (exact) mass is 407 g/mol. The van der Waals surface area contributed by atoms with E-state index >= 15 is 0 Å². The zero-order valence-electron chi connectivity index (χ0n) is 16.7. The van der Waals surface area contributed by atoms with Crippen LogP contribution in [-0.4, -0.2) is 52.9 Å². The highest BCUT2D eigenvalue weighted by atomic mass is 32.2. The Morgan fingerprint density at radius 1 is 1.29 bits per heavy atom. The summed E-state index contributed by atoms with van der Waals surface area (Å²) in [5.41, 5.74) is 2.43. The summed E-state index contributed by atoms with van der Waals surface area (Å²) in [4.78, 5) is 42.7. The predicted molar refractivity (Wildman–Crippen MR) is 106 cm³/mol. The average molecular weight is 407 g/mol. The van der Waals surface area contributed by atoms with Crippen molar-refractivity contribution in [3.63, 3.8) is 0 Å². The Morgan fingerprint density at radius 2 is 2.00 bits per heavy atom. The number of ether oxygens (including phenoxy) is 2. The number of rotatable bonds is 9. The van der Waals surface area contributed by atoms with E-state index in [9.17, 15) is 14.4 Å². The Bertz CT molecular complexity index is 919. The molecule has 2 aromatic rings. The molecule has 0 spiro atoms. The van der Waals surface area contributed by atoms with E-state index in [1.165, 1.54) is 13.2 Å². The lowest BCUT2D eigenvalue weighted by Gasteiger charge is -2.17. The van der Waals surface area contributed by atoms with E-state index in [0.29, 0.717) is 23.0 Å². The molecule has 0 amide bonds. The van der Waals surface area contributed by atoms with Gasteiger partial charge in [-0.25, -0.2) is 4.98 Å². The minimum Gasteiger partial charge on any atom is -0.469 e. The van der Waals surface area contributed by atoms with Gasteiger partial charge in [-0.2, -0.15) is 0 Å². The van der Waals surface area contributed by atoms with Crippen molar-refractivity contribution < 1.29 is 19.1 Å². The molecule has 2 rings (SSSR count). The number of ketones is 1. The van der Waals surface area contributed by atoms with Crippen LogP contribution < -0.4 is 5.56 Å². The first-order valence-electron chi connectivity index (χ1n) is 8.77. The molecular formula is C19H25N3O5S. The van der Waals surface area contributed by atoms with Crippen LogP contribution in [0.3, 0.4) is 0 Å². The van der Waals surface area contributed by atoms with Crippen LogP contribution in [0.15, 0.2) is 22.1 Å². The highest BCUT2D eigenvalue weighted by Crippen LogP contribution is 2.23. The molecule has 0 fully saturated rings. The maximum absolute atomic E-state index is 12.7. The Kier molecular flexibility index (Phi) is 7.59. The second-order valence-corrected chi connectivity index (χ2v) is 7.43. The molecule has 0 aliphatic heterocycles. The number of esters is 1. The van der Waals surface area contributed by atoms with Gasteiger partial charge >= 0.3 is 5.97 Å². The first kappa shape index (κ1) is 21.9. The number of nitrogens with zero attached hydrogens (tertiary/aromatic N) is 2. The molecule has 2 heterocycles. The number of nitrogens with one attached hydrogen (secondary N) is 1. The lowest BCUT2D eigenvalue weighted by Crippen LogP contribution is -2.15. The summed E-state index contributed by atoms with van der Waals surface area (Å²) >= 11 is 1.13. The molecule has 9 heteroatoms. The van der Waals surface area contributed by atoms with E-state index in [4.69, 9.17) is 4.74 Å². The van der Waals surface area contributed by atoms with E-state index < -0.39 is 5.97 Å². The molecule has 0 bridgehead atoms. The van der Waals surface area contributed by atoms with Gasteiger partial charge < -0.3 is 19.0 Å². The molecule has 0 aliphatic rings. The molecule has 0 aromatic carbocycles. The molecule has 8 nitrogen and oxygen atoms in total. The van der Waals surface area contributed by atoms with Gasteiger partial charge in [0.1, 0.15) is 0 Å². The highest BCUT2D eigenvalue weighted by molar-refractivity contribution is 7.99. The van der Waals surface area contributed by atoms with Crippen LogP contribution in [0.2, 0.25) is 0 Å². The molecule has 0 unspecified atom stereocenters. The summed E-state index contributed by atoms with van der Waals surface area (Å²) in [6.45, 7) is 6.46. The van der Waals surface area contributed by atoms with Gasteiger partial charge in [-0.1, -0.05) is 11.8 Å². The van der Waals surface area contributed by atoms with Crippen LogP contribution in [0, 0.1) is 13.8 Å². The SMILES string of the molecule is COC[C@H](C)n1c(C)cc(C(=O)CSc2nc(CC(=O)OC)cc(=O)[nH]2)c1C. The zero-order valence-corrected chi connectivity index (χ0v) is 17.5. The van der Waals surface area contributed by atoms with Gasteiger partial charge in [0.25, 0.3) is 5.56 Å². The summed E-state index contributed by atoms with van der Waals surface area (Å²) in [6.07, 6.45) is -0.0968. The topological polar surface area (TPSA) is 103 Å². The van der Waals surface area contributed by atoms with Gasteiger partial charge in [-0.15, -0.1) is 0 Å². The van der Waals surface area contributed by atoms with Crippen LogP contribution in [0.4, 0.5) is 0 Å². The number of carbonyl (C=O) groups is 2. The number of H-pyrrole nitrogens is 1. The van der Waals surface area contributed by atoms with Crippen LogP contribution in [0.25, 0.3) is 0 Å². The number of Topliss-reactive ketones (excluding diaryl/α,β-unsaturated/α-hetero) is 1. The van der Waals surface area contributed by atoms with Gasteiger partial charge in [0, 0.05) is 30.1 Å². The minimum absolute atomic E-state index is 0.0602. The van der Waals surface area contributed by atoms with E-state index in [2.05, 4.69) is 19.3 Å². The van der Waals surface area contributed by atoms with Crippen molar-refractivity contribution in [3.8, 4) is 0 Å². The van der Waals surface area contributed by atoms with Crippen molar-refractivity contribution >= 4 is 23.5 Å². The average Bonchev–Trinajstić information content (AvgIpc) is 2.93. The van der Waals surface area contributed by atoms with Gasteiger partial charge in [0.15, 0.2) is 10.9 Å². The fourth-order valence-corrected chi connectivity index (χ4v) is 3.91. The van der Waals surface area contributed by atoms with Crippen LogP contribution in [0.5, 0.6) is 0 Å². The van der Waals surface area contributed by atoms with Crippen LogP contribution in [-0.2, 0) is 20.7 Å². The number of thioether (sulfide) groups is 1. The predicted octanol–water partition coefficient (Wildman–Crippen LogP) is 2.09. The van der Waals surface area contributed by atoms with Crippen molar-refractivity contribution in [3.05, 3.63) is 45.1 Å². The minimum atomic E-state index is -0.484. The van der Waals surface area contributed by atoms with Crippen molar-refractivity contribution in [1.29, 1.82) is 0 Å². The zero-order chi connectivity index (χ0) is 20.8. The second kappa shape index (κ2) is 9.70. The molecule has 1 N–H and O–H groups in total. The van der Waals surface area contributed by atoms with E-state index in [1.54, 1.807) is 7.11 Å². The first-order chi connectivity index (χ1) is 13.3. The third-order valence-corrected chi connectivity index (χ3v) is 5.17. The van der Waals surface area contributed by atoms with Crippen molar-refractivity contribution in [2.75, 3.05) is 26.6 Å². The van der Waals surface area contributed by atoms with Gasteiger partial charge in [0.2, 0.25) is 0 Å². The van der Waals surface area contributed by atoms with Crippen LogP contribution >= 0.6 is 11.8 Å². The third kappa shape index (κ3) is 5.32. The number of hydrogen-bond acceptors (Lipinski definition) is 7. The molecule has 1 atom stereocenters. The molecule has 0 radical (unpaired) electrons. The van der Waals surface area contributed by atoms with Crippen molar-refractivity contribution in [2.45, 2.75) is 38.4 Å². The number of methoxy groups -OCH3 is 2. The molecule has 28 heavy (non-hydrogen) atoms. The van der Waals surface area contributed by atoms with E-state index in [0.717, 1.165) is 23.1 Å². The smallest absolute Gasteiger partial charge is 0.311 e. The van der Waals surface area contributed by atoms with E-state index in [-0.39, 0.29) is 29.6 Å². The number of hydrogen-bond donors (Lipinski definition) is 1. The lowest BCUT2D eigenvalue weighted by molar-refractivity contribution is -0.139. The highest BCUT2D eigenvalue weighted by Gasteiger charge is 2.19. The van der Waals surface area contributed by atoms with Gasteiger partial charge in [0.05, 0.1) is 37.6 Å². The number of carbonyl (C=O) groups excluding carboxylic acids is 2. The first-order valence-corrected chi connectivity index (χ1v) is 9.75. The Labute approximate surface area is 167 Å². The maximum atomic E-state index is 12.7. The number of aryl methyl sites for hydroxylation is 1. The van der Waals surface area contributed by atoms with Crippen molar-refractivity contribution in [2.24, 2.45) is 0 Å². The fraction of sp³-hybridized carbons (Fsp3) is 0.474. The molecule has 152 valence electrons. The Balaban J connectivity index is 2.14. The summed E-state index contributed by atoms with van der Waals surface area (Å²) in [6, 6.07) is 3.23. The summed E-state index contributed by atoms with van der Waals surface area (Å²) in [5.74, 6) is -0.425. The third-order valence-electron chi connectivity index (χ3n) is 4.30. The second-order valence-electron chi connectivity index (χ2n) is 6.47. The maximum Gasteiger partial charge on any atom is 0.311 e. The molecule has 0 saturated heterocycles. The Morgan fingerprint density at radius 3 is 2.64 bits per heavy atom. The number of aromatic nitrogens is 3. The van der Waals surface area contributed by atoms with Crippen molar-refractivity contribution in [1.82, 2.24) is 14.5 Å². The summed E-state index contributed by atoms with van der Waals surface area (Å²) < 4.78 is 11.9. The summed E-state index contributed by atoms with van der Waals surface area (Å²) in [7, 11) is 2.92. The lowest BCUT2D eigenvalue weighted by atomic mass is 10.2. The molecule has 0 saturated carbocycles. The largest absolute Gasteiger partial charge is 0.469 e. The normalized spacial score (nSPS) is 12.0.